The maximum atomic E-state index is 13.3. The van der Waals surface area contributed by atoms with Crippen molar-refractivity contribution in [2.75, 3.05) is 5.32 Å². The first-order valence-electron chi connectivity index (χ1n) is 7.20. The Morgan fingerprint density at radius 2 is 2.12 bits per heavy atom. The molecule has 4 aromatic rings. The van der Waals surface area contributed by atoms with E-state index in [0.717, 1.165) is 21.7 Å². The highest BCUT2D eigenvalue weighted by molar-refractivity contribution is 9.10. The molecule has 0 aliphatic rings. The van der Waals surface area contributed by atoms with Crippen LogP contribution in [0.2, 0.25) is 0 Å². The SMILES string of the molecule is O=C(Cc1csc2nc3ccccc3n12)Nc1ccc(F)c(Br)c1. The molecule has 24 heavy (non-hydrogen) atoms. The van der Waals surface area contributed by atoms with E-state index < -0.39 is 0 Å². The molecular weight excluding hydrogens is 393 g/mol. The Labute approximate surface area is 149 Å². The Kier molecular flexibility index (Phi) is 3.82. The molecule has 7 heteroatoms. The van der Waals surface area contributed by atoms with E-state index in [0.29, 0.717) is 10.2 Å². The Morgan fingerprint density at radius 1 is 1.29 bits per heavy atom. The van der Waals surface area contributed by atoms with Gasteiger partial charge in [0.25, 0.3) is 0 Å². The van der Waals surface area contributed by atoms with Crippen LogP contribution in [0.3, 0.4) is 0 Å². The van der Waals surface area contributed by atoms with E-state index in [9.17, 15) is 9.18 Å². The fraction of sp³-hybridized carbons (Fsp3) is 0.0588. The first-order valence-corrected chi connectivity index (χ1v) is 8.87. The van der Waals surface area contributed by atoms with Crippen LogP contribution >= 0.6 is 27.3 Å². The van der Waals surface area contributed by atoms with Gasteiger partial charge in [-0.15, -0.1) is 11.3 Å². The Hall–Kier alpha value is -2.25. The number of amides is 1. The summed E-state index contributed by atoms with van der Waals surface area (Å²) in [5.74, 6) is -0.525. The van der Waals surface area contributed by atoms with Crippen molar-refractivity contribution >= 4 is 54.9 Å². The molecule has 0 unspecified atom stereocenters. The van der Waals surface area contributed by atoms with Crippen LogP contribution in [0.15, 0.2) is 52.3 Å². The van der Waals surface area contributed by atoms with E-state index in [-0.39, 0.29) is 18.1 Å². The van der Waals surface area contributed by atoms with Gasteiger partial charge in [-0.3, -0.25) is 9.20 Å². The number of thiazole rings is 1. The summed E-state index contributed by atoms with van der Waals surface area (Å²) < 4.78 is 15.6. The van der Waals surface area contributed by atoms with E-state index in [2.05, 4.69) is 26.2 Å². The van der Waals surface area contributed by atoms with Crippen LogP contribution in [0.1, 0.15) is 5.69 Å². The monoisotopic (exact) mass is 403 g/mol. The van der Waals surface area contributed by atoms with Crippen LogP contribution in [-0.2, 0) is 11.2 Å². The fourth-order valence-corrected chi connectivity index (χ4v) is 3.88. The number of nitrogens with one attached hydrogen (secondary N) is 1. The number of halogens is 2. The number of imidazole rings is 1. The number of para-hydroxylation sites is 2. The predicted molar refractivity (Wildman–Crippen MR) is 97.0 cm³/mol. The Balaban J connectivity index is 1.61. The van der Waals surface area contributed by atoms with Crippen LogP contribution in [0, 0.1) is 5.82 Å². The number of aromatic nitrogens is 2. The molecule has 4 rings (SSSR count). The molecule has 1 amide bonds. The van der Waals surface area contributed by atoms with Gasteiger partial charge in [-0.05, 0) is 46.3 Å². The number of benzene rings is 2. The predicted octanol–water partition coefficient (Wildman–Crippen LogP) is 4.63. The molecule has 0 radical (unpaired) electrons. The Bertz CT molecular complexity index is 1070. The molecule has 0 aliphatic carbocycles. The summed E-state index contributed by atoms with van der Waals surface area (Å²) in [6, 6.07) is 12.2. The summed E-state index contributed by atoms with van der Waals surface area (Å²) in [4.78, 5) is 17.7. The van der Waals surface area contributed by atoms with Gasteiger partial charge in [0.1, 0.15) is 5.82 Å². The number of rotatable bonds is 3. The largest absolute Gasteiger partial charge is 0.326 e. The number of fused-ring (bicyclic) bond motifs is 3. The normalized spacial score (nSPS) is 11.2. The molecule has 0 saturated carbocycles. The van der Waals surface area contributed by atoms with Crippen molar-refractivity contribution in [3.8, 4) is 0 Å². The highest BCUT2D eigenvalue weighted by Crippen LogP contribution is 2.24. The minimum absolute atomic E-state index is 0.161. The van der Waals surface area contributed by atoms with Gasteiger partial charge in [-0.25, -0.2) is 9.37 Å². The number of hydrogen-bond donors (Lipinski definition) is 1. The van der Waals surface area contributed by atoms with Gasteiger partial charge >= 0.3 is 0 Å². The zero-order valence-electron chi connectivity index (χ0n) is 12.3. The van der Waals surface area contributed by atoms with Crippen molar-refractivity contribution in [1.82, 2.24) is 9.38 Å². The fourth-order valence-electron chi connectivity index (χ4n) is 2.60. The second-order valence-electron chi connectivity index (χ2n) is 5.30. The standard InChI is InChI=1S/C17H11BrFN3OS/c18-12-7-10(5-6-13(12)19)20-16(23)8-11-9-24-17-21-14-3-1-2-4-15(14)22(11)17/h1-7,9H,8H2,(H,20,23). The number of hydrogen-bond acceptors (Lipinski definition) is 3. The molecule has 2 aromatic heterocycles. The van der Waals surface area contributed by atoms with Gasteiger partial charge in [-0.1, -0.05) is 12.1 Å². The lowest BCUT2D eigenvalue weighted by Gasteiger charge is -2.06. The van der Waals surface area contributed by atoms with Gasteiger partial charge in [0.2, 0.25) is 5.91 Å². The number of carbonyl (C=O) groups excluding carboxylic acids is 1. The van der Waals surface area contributed by atoms with Crippen LogP contribution < -0.4 is 5.32 Å². The summed E-state index contributed by atoms with van der Waals surface area (Å²) >= 11 is 4.62. The van der Waals surface area contributed by atoms with Crippen molar-refractivity contribution in [1.29, 1.82) is 0 Å². The summed E-state index contributed by atoms with van der Waals surface area (Å²) in [5.41, 5.74) is 3.33. The summed E-state index contributed by atoms with van der Waals surface area (Å²) in [5, 5.41) is 4.73. The lowest BCUT2D eigenvalue weighted by atomic mass is 10.2. The van der Waals surface area contributed by atoms with Gasteiger partial charge in [0.05, 0.1) is 21.9 Å². The van der Waals surface area contributed by atoms with Crippen molar-refractivity contribution in [2.45, 2.75) is 6.42 Å². The lowest BCUT2D eigenvalue weighted by molar-refractivity contribution is -0.115. The first kappa shape index (κ1) is 15.3. The van der Waals surface area contributed by atoms with E-state index in [1.807, 2.05) is 34.0 Å². The maximum Gasteiger partial charge on any atom is 0.230 e. The Morgan fingerprint density at radius 3 is 2.96 bits per heavy atom. The van der Waals surface area contributed by atoms with Gasteiger partial charge < -0.3 is 5.32 Å². The molecule has 0 spiro atoms. The van der Waals surface area contributed by atoms with Crippen LogP contribution in [0.4, 0.5) is 10.1 Å². The highest BCUT2D eigenvalue weighted by Gasteiger charge is 2.13. The minimum atomic E-state index is -0.363. The summed E-state index contributed by atoms with van der Waals surface area (Å²) in [6.45, 7) is 0. The quantitative estimate of drug-likeness (QED) is 0.541. The molecule has 2 heterocycles. The van der Waals surface area contributed by atoms with E-state index in [1.54, 1.807) is 6.07 Å². The maximum absolute atomic E-state index is 13.3. The van der Waals surface area contributed by atoms with E-state index in [1.165, 1.54) is 23.5 Å². The smallest absolute Gasteiger partial charge is 0.230 e. The number of carbonyl (C=O) groups is 1. The van der Waals surface area contributed by atoms with Crippen LogP contribution in [-0.4, -0.2) is 15.3 Å². The average Bonchev–Trinajstić information content (AvgIpc) is 3.11. The van der Waals surface area contributed by atoms with E-state index in [4.69, 9.17) is 0 Å². The molecular formula is C17H11BrFN3OS. The molecule has 4 nitrogen and oxygen atoms in total. The second kappa shape index (κ2) is 5.99. The third-order valence-corrected chi connectivity index (χ3v) is 5.14. The number of nitrogens with zero attached hydrogens (tertiary/aromatic N) is 2. The van der Waals surface area contributed by atoms with Crippen molar-refractivity contribution in [3.63, 3.8) is 0 Å². The second-order valence-corrected chi connectivity index (χ2v) is 6.99. The molecule has 1 N–H and O–H groups in total. The third kappa shape index (κ3) is 2.70. The zero-order valence-corrected chi connectivity index (χ0v) is 14.7. The van der Waals surface area contributed by atoms with Crippen molar-refractivity contribution in [2.24, 2.45) is 0 Å². The molecule has 0 saturated heterocycles. The third-order valence-electron chi connectivity index (χ3n) is 3.66. The van der Waals surface area contributed by atoms with Crippen molar-refractivity contribution in [3.05, 3.63) is 63.8 Å². The minimum Gasteiger partial charge on any atom is -0.326 e. The van der Waals surface area contributed by atoms with Gasteiger partial charge in [0, 0.05) is 16.8 Å². The summed E-state index contributed by atoms with van der Waals surface area (Å²) in [6.07, 6.45) is 0.218. The van der Waals surface area contributed by atoms with Gasteiger partial charge in [-0.2, -0.15) is 0 Å². The van der Waals surface area contributed by atoms with Gasteiger partial charge in [0.15, 0.2) is 4.96 Å². The number of anilines is 1. The molecule has 2 aromatic carbocycles. The molecule has 0 bridgehead atoms. The average molecular weight is 404 g/mol. The highest BCUT2D eigenvalue weighted by atomic mass is 79.9. The lowest BCUT2D eigenvalue weighted by Crippen LogP contribution is -2.15. The summed E-state index contributed by atoms with van der Waals surface area (Å²) in [7, 11) is 0. The molecule has 0 aliphatic heterocycles. The van der Waals surface area contributed by atoms with Crippen molar-refractivity contribution < 1.29 is 9.18 Å². The first-order chi connectivity index (χ1) is 11.6. The molecule has 0 fully saturated rings. The van der Waals surface area contributed by atoms with Crippen LogP contribution in [0.5, 0.6) is 0 Å². The van der Waals surface area contributed by atoms with Crippen LogP contribution in [0.25, 0.3) is 16.0 Å². The van der Waals surface area contributed by atoms with E-state index >= 15 is 0 Å². The molecule has 0 atom stereocenters. The zero-order chi connectivity index (χ0) is 16.7. The topological polar surface area (TPSA) is 46.4 Å². The molecule has 120 valence electrons.